The van der Waals surface area contributed by atoms with Crippen molar-refractivity contribution in [2.75, 3.05) is 0 Å². The van der Waals surface area contributed by atoms with Crippen molar-refractivity contribution >= 4 is 15.9 Å². The molecule has 1 aromatic heterocycles. The van der Waals surface area contributed by atoms with Gasteiger partial charge in [-0.25, -0.2) is 4.39 Å². The molecule has 0 aliphatic carbocycles. The van der Waals surface area contributed by atoms with Crippen molar-refractivity contribution in [1.82, 2.24) is 4.98 Å². The number of hydrogen-bond acceptors (Lipinski definition) is 2. The Morgan fingerprint density at radius 1 is 1.37 bits per heavy atom. The lowest BCUT2D eigenvalue weighted by molar-refractivity contribution is 0.620. The Bertz CT molecular complexity index is 552. The molecule has 1 heterocycles. The van der Waals surface area contributed by atoms with Gasteiger partial charge in [-0.15, -0.1) is 0 Å². The minimum Gasteiger partial charge on any atom is -0.324 e. The van der Waals surface area contributed by atoms with Gasteiger partial charge in [0.05, 0.1) is 0 Å². The van der Waals surface area contributed by atoms with Crippen molar-refractivity contribution in [2.45, 2.75) is 25.8 Å². The van der Waals surface area contributed by atoms with Crippen LogP contribution in [0.15, 0.2) is 41.1 Å². The minimum absolute atomic E-state index is 0.147. The molecule has 1 unspecified atom stereocenters. The predicted molar refractivity (Wildman–Crippen MR) is 78.3 cm³/mol. The number of aromatic nitrogens is 1. The number of pyridine rings is 1. The van der Waals surface area contributed by atoms with Crippen LogP contribution in [-0.2, 0) is 12.8 Å². The fourth-order valence-corrected chi connectivity index (χ4v) is 2.70. The van der Waals surface area contributed by atoms with Gasteiger partial charge in [0.1, 0.15) is 5.82 Å². The molecule has 2 aromatic rings. The van der Waals surface area contributed by atoms with Crippen LogP contribution in [0.2, 0.25) is 0 Å². The van der Waals surface area contributed by atoms with E-state index in [0.29, 0.717) is 6.42 Å². The maximum absolute atomic E-state index is 13.3. The molecule has 0 saturated carbocycles. The van der Waals surface area contributed by atoms with Gasteiger partial charge in [-0.05, 0) is 53.8 Å². The van der Waals surface area contributed by atoms with E-state index in [9.17, 15) is 4.39 Å². The van der Waals surface area contributed by atoms with Crippen molar-refractivity contribution in [3.8, 4) is 0 Å². The van der Waals surface area contributed by atoms with Gasteiger partial charge in [-0.1, -0.05) is 22.9 Å². The monoisotopic (exact) mass is 322 g/mol. The van der Waals surface area contributed by atoms with Crippen molar-refractivity contribution in [1.29, 1.82) is 0 Å². The van der Waals surface area contributed by atoms with Gasteiger partial charge in [0, 0.05) is 22.9 Å². The quantitative estimate of drug-likeness (QED) is 0.930. The van der Waals surface area contributed by atoms with Crippen LogP contribution in [0.1, 0.15) is 29.7 Å². The average molecular weight is 323 g/mol. The van der Waals surface area contributed by atoms with Crippen LogP contribution in [0.4, 0.5) is 4.39 Å². The van der Waals surface area contributed by atoms with Crippen LogP contribution in [0.25, 0.3) is 0 Å². The summed E-state index contributed by atoms with van der Waals surface area (Å²) in [6.07, 6.45) is 5.09. The highest BCUT2D eigenvalue weighted by Gasteiger charge is 2.12. The fraction of sp³-hybridized carbons (Fsp3) is 0.267. The molecule has 0 bridgehead atoms. The molecule has 100 valence electrons. The topological polar surface area (TPSA) is 38.9 Å². The van der Waals surface area contributed by atoms with E-state index >= 15 is 0 Å². The number of aryl methyl sites for hydroxylation is 1. The molecule has 0 spiro atoms. The molecule has 0 saturated heterocycles. The summed E-state index contributed by atoms with van der Waals surface area (Å²) >= 11 is 3.30. The van der Waals surface area contributed by atoms with Gasteiger partial charge in [-0.2, -0.15) is 0 Å². The van der Waals surface area contributed by atoms with Crippen molar-refractivity contribution < 1.29 is 4.39 Å². The van der Waals surface area contributed by atoms with Crippen LogP contribution in [-0.4, -0.2) is 4.98 Å². The first kappa shape index (κ1) is 14.2. The van der Waals surface area contributed by atoms with Crippen molar-refractivity contribution in [3.05, 3.63) is 63.6 Å². The van der Waals surface area contributed by atoms with Crippen LogP contribution in [0.3, 0.4) is 0 Å². The molecule has 0 aliphatic heterocycles. The fourth-order valence-electron chi connectivity index (χ4n) is 2.19. The molecule has 2 rings (SSSR count). The second-order valence-electron chi connectivity index (χ2n) is 4.52. The van der Waals surface area contributed by atoms with Gasteiger partial charge in [-0.3, -0.25) is 4.98 Å². The summed E-state index contributed by atoms with van der Waals surface area (Å²) in [6, 6.07) is 6.66. The summed E-state index contributed by atoms with van der Waals surface area (Å²) in [5.74, 6) is -0.248. The largest absolute Gasteiger partial charge is 0.324 e. The minimum atomic E-state index is -0.248. The summed E-state index contributed by atoms with van der Waals surface area (Å²) in [7, 11) is 0. The summed E-state index contributed by atoms with van der Waals surface area (Å²) in [6.45, 7) is 2.08. The zero-order valence-corrected chi connectivity index (χ0v) is 12.3. The van der Waals surface area contributed by atoms with Crippen LogP contribution < -0.4 is 5.73 Å². The van der Waals surface area contributed by atoms with Gasteiger partial charge >= 0.3 is 0 Å². The molecular weight excluding hydrogens is 307 g/mol. The molecule has 0 fully saturated rings. The lowest BCUT2D eigenvalue weighted by Gasteiger charge is -2.15. The zero-order chi connectivity index (χ0) is 13.8. The Morgan fingerprint density at radius 3 is 2.84 bits per heavy atom. The molecule has 1 aromatic carbocycles. The molecule has 0 aliphatic rings. The third-order valence-electron chi connectivity index (χ3n) is 3.10. The van der Waals surface area contributed by atoms with E-state index in [2.05, 4.69) is 27.8 Å². The van der Waals surface area contributed by atoms with E-state index in [-0.39, 0.29) is 11.9 Å². The zero-order valence-electron chi connectivity index (χ0n) is 10.7. The van der Waals surface area contributed by atoms with E-state index in [1.165, 1.54) is 12.1 Å². The van der Waals surface area contributed by atoms with Crippen molar-refractivity contribution in [2.24, 2.45) is 5.73 Å². The van der Waals surface area contributed by atoms with Gasteiger partial charge in [0.2, 0.25) is 0 Å². The average Bonchev–Trinajstić information content (AvgIpc) is 2.37. The number of nitrogens with zero attached hydrogens (tertiary/aromatic N) is 1. The Kier molecular flexibility index (Phi) is 4.66. The highest BCUT2D eigenvalue weighted by atomic mass is 79.9. The first-order valence-corrected chi connectivity index (χ1v) is 7.02. The molecule has 19 heavy (non-hydrogen) atoms. The number of nitrogens with two attached hydrogens (primary N) is 1. The highest BCUT2D eigenvalue weighted by molar-refractivity contribution is 9.10. The molecule has 2 N–H and O–H groups in total. The van der Waals surface area contributed by atoms with E-state index < -0.39 is 0 Å². The maximum Gasteiger partial charge on any atom is 0.124 e. The number of rotatable bonds is 4. The summed E-state index contributed by atoms with van der Waals surface area (Å²) in [4.78, 5) is 4.11. The van der Waals surface area contributed by atoms with Gasteiger partial charge in [0.15, 0.2) is 0 Å². The Balaban J connectivity index is 2.22. The van der Waals surface area contributed by atoms with E-state index in [1.807, 2.05) is 18.3 Å². The van der Waals surface area contributed by atoms with E-state index in [0.717, 1.165) is 27.6 Å². The molecular formula is C15H16BrFN2. The summed E-state index contributed by atoms with van der Waals surface area (Å²) in [5, 5.41) is 0. The SMILES string of the molecule is CCc1cnccc1C(N)Cc1cc(F)cc(Br)c1. The first-order valence-electron chi connectivity index (χ1n) is 6.23. The smallest absolute Gasteiger partial charge is 0.124 e. The van der Waals surface area contributed by atoms with Crippen LogP contribution >= 0.6 is 15.9 Å². The second kappa shape index (κ2) is 6.26. The number of benzene rings is 1. The predicted octanol–water partition coefficient (Wildman–Crippen LogP) is 3.79. The maximum atomic E-state index is 13.3. The molecule has 0 amide bonds. The highest BCUT2D eigenvalue weighted by Crippen LogP contribution is 2.22. The van der Waals surface area contributed by atoms with Crippen molar-refractivity contribution in [3.63, 3.8) is 0 Å². The molecule has 4 heteroatoms. The summed E-state index contributed by atoms with van der Waals surface area (Å²) in [5.41, 5.74) is 9.35. The van der Waals surface area contributed by atoms with E-state index in [4.69, 9.17) is 5.73 Å². The normalized spacial score (nSPS) is 12.4. The Hall–Kier alpha value is -1.26. The Morgan fingerprint density at radius 2 is 2.16 bits per heavy atom. The summed E-state index contributed by atoms with van der Waals surface area (Å²) < 4.78 is 14.1. The third-order valence-corrected chi connectivity index (χ3v) is 3.56. The first-order chi connectivity index (χ1) is 9.10. The molecule has 2 nitrogen and oxygen atoms in total. The van der Waals surface area contributed by atoms with Gasteiger partial charge < -0.3 is 5.73 Å². The second-order valence-corrected chi connectivity index (χ2v) is 5.43. The number of hydrogen-bond donors (Lipinski definition) is 1. The van der Waals surface area contributed by atoms with E-state index in [1.54, 1.807) is 6.20 Å². The van der Waals surface area contributed by atoms with Gasteiger partial charge in [0.25, 0.3) is 0 Å². The molecule has 1 atom stereocenters. The third kappa shape index (κ3) is 3.61. The standard InChI is InChI=1S/C15H16BrFN2/c1-2-11-9-19-4-3-14(11)15(18)7-10-5-12(16)8-13(17)6-10/h3-6,8-9,15H,2,7,18H2,1H3. The van der Waals surface area contributed by atoms with Crippen LogP contribution in [0, 0.1) is 5.82 Å². The lowest BCUT2D eigenvalue weighted by atomic mass is 9.96. The number of halogens is 2. The Labute approximate surface area is 121 Å². The molecule has 0 radical (unpaired) electrons. The lowest BCUT2D eigenvalue weighted by Crippen LogP contribution is -2.15. The van der Waals surface area contributed by atoms with Crippen LogP contribution in [0.5, 0.6) is 0 Å².